The molecule has 2 nitrogen and oxygen atoms in total. The van der Waals surface area contributed by atoms with E-state index in [2.05, 4.69) is 0 Å². The number of para-hydroxylation sites is 1. The minimum Gasteiger partial charge on any atom is -0.391 e. The van der Waals surface area contributed by atoms with Crippen LogP contribution in [0.1, 0.15) is 13.3 Å². The number of alkyl halides is 3. The Bertz CT molecular complexity index is 326. The molecule has 1 atom stereocenters. The van der Waals surface area contributed by atoms with E-state index in [9.17, 15) is 18.3 Å². The van der Waals surface area contributed by atoms with Gasteiger partial charge in [-0.3, -0.25) is 0 Å². The first kappa shape index (κ1) is 13.8. The highest BCUT2D eigenvalue weighted by Crippen LogP contribution is 2.22. The molecule has 0 aliphatic carbocycles. The van der Waals surface area contributed by atoms with Gasteiger partial charge >= 0.3 is 6.18 Å². The van der Waals surface area contributed by atoms with Crippen molar-refractivity contribution in [1.29, 1.82) is 0 Å². The van der Waals surface area contributed by atoms with Crippen molar-refractivity contribution in [2.75, 3.05) is 18.0 Å². The Morgan fingerprint density at radius 3 is 2.29 bits per heavy atom. The Morgan fingerprint density at radius 2 is 1.82 bits per heavy atom. The fourth-order valence-corrected chi connectivity index (χ4v) is 1.50. The van der Waals surface area contributed by atoms with Crippen LogP contribution in [0.2, 0.25) is 0 Å². The van der Waals surface area contributed by atoms with Crippen LogP contribution in [-0.2, 0) is 0 Å². The third-order valence-corrected chi connectivity index (χ3v) is 2.39. The first-order chi connectivity index (χ1) is 7.92. The molecule has 0 radical (unpaired) electrons. The second-order valence-electron chi connectivity index (χ2n) is 3.89. The van der Waals surface area contributed by atoms with Crippen LogP contribution in [0.25, 0.3) is 0 Å². The number of halogens is 3. The molecule has 0 saturated carbocycles. The molecule has 0 aliphatic heterocycles. The smallest absolute Gasteiger partial charge is 0.391 e. The van der Waals surface area contributed by atoms with Gasteiger partial charge in [-0.05, 0) is 18.6 Å². The molecule has 1 N–H and O–H groups in total. The fraction of sp³-hybridized carbons (Fsp3) is 0.500. The summed E-state index contributed by atoms with van der Waals surface area (Å²) in [5.41, 5.74) is 0.470. The first-order valence-corrected chi connectivity index (χ1v) is 5.47. The van der Waals surface area contributed by atoms with E-state index < -0.39 is 18.8 Å². The lowest BCUT2D eigenvalue weighted by Gasteiger charge is -2.27. The molecule has 0 heterocycles. The molecule has 17 heavy (non-hydrogen) atoms. The zero-order chi connectivity index (χ0) is 12.9. The molecule has 0 aliphatic rings. The Kier molecular flexibility index (Phi) is 4.81. The van der Waals surface area contributed by atoms with Gasteiger partial charge in [0.15, 0.2) is 0 Å². The van der Waals surface area contributed by atoms with Crippen molar-refractivity contribution in [3.05, 3.63) is 30.3 Å². The van der Waals surface area contributed by atoms with Gasteiger partial charge in [-0.15, -0.1) is 0 Å². The molecule has 96 valence electrons. The average Bonchev–Trinajstić information content (AvgIpc) is 2.27. The molecule has 1 rings (SSSR count). The predicted octanol–water partition coefficient (Wildman–Crippen LogP) is 2.83. The molecule has 1 aromatic carbocycles. The minimum atomic E-state index is -4.27. The molecule has 0 bridgehead atoms. The van der Waals surface area contributed by atoms with Crippen molar-refractivity contribution >= 4 is 5.69 Å². The van der Waals surface area contributed by atoms with Crippen molar-refractivity contribution < 1.29 is 18.3 Å². The number of aliphatic hydroxyl groups is 1. The van der Waals surface area contributed by atoms with Crippen molar-refractivity contribution in [2.24, 2.45) is 0 Å². The number of nitrogens with zero attached hydrogens (tertiary/aromatic N) is 1. The van der Waals surface area contributed by atoms with Gasteiger partial charge in [0, 0.05) is 12.2 Å². The maximum Gasteiger partial charge on any atom is 0.405 e. The Morgan fingerprint density at radius 1 is 1.24 bits per heavy atom. The molecule has 5 heteroatoms. The molecule has 1 unspecified atom stereocenters. The lowest BCUT2D eigenvalue weighted by atomic mass is 10.2. The van der Waals surface area contributed by atoms with E-state index >= 15 is 0 Å². The molecule has 0 amide bonds. The maximum atomic E-state index is 12.4. The highest BCUT2D eigenvalue weighted by Gasteiger charge is 2.31. The summed E-state index contributed by atoms with van der Waals surface area (Å²) in [5, 5.41) is 9.48. The van der Waals surface area contributed by atoms with Crippen molar-refractivity contribution in [3.63, 3.8) is 0 Å². The summed E-state index contributed by atoms with van der Waals surface area (Å²) in [6.07, 6.45) is -4.60. The van der Waals surface area contributed by atoms with E-state index in [4.69, 9.17) is 0 Å². The van der Waals surface area contributed by atoms with Crippen molar-refractivity contribution in [3.8, 4) is 0 Å². The first-order valence-electron chi connectivity index (χ1n) is 5.47. The molecule has 0 fully saturated rings. The van der Waals surface area contributed by atoms with Crippen LogP contribution < -0.4 is 4.90 Å². The van der Waals surface area contributed by atoms with Gasteiger partial charge in [-0.2, -0.15) is 13.2 Å². The van der Waals surface area contributed by atoms with Gasteiger partial charge < -0.3 is 10.0 Å². The summed E-state index contributed by atoms with van der Waals surface area (Å²) >= 11 is 0. The summed E-state index contributed by atoms with van der Waals surface area (Å²) in [5.74, 6) is 0. The van der Waals surface area contributed by atoms with E-state index in [1.807, 2.05) is 0 Å². The molecular formula is C12H16F3NO. The normalized spacial score (nSPS) is 13.5. The molecule has 0 saturated heterocycles. The topological polar surface area (TPSA) is 23.5 Å². The van der Waals surface area contributed by atoms with Crippen molar-refractivity contribution in [1.82, 2.24) is 0 Å². The van der Waals surface area contributed by atoms with E-state index in [1.165, 1.54) is 0 Å². The number of hydrogen-bond donors (Lipinski definition) is 1. The average molecular weight is 247 g/mol. The van der Waals surface area contributed by atoms with Gasteiger partial charge in [0.1, 0.15) is 6.54 Å². The Labute approximate surface area is 98.7 Å². The third-order valence-electron chi connectivity index (χ3n) is 2.39. The standard InChI is InChI=1S/C12H16F3NO/c1-2-11(17)8-16(9-12(13,14)15)10-6-4-3-5-7-10/h3-7,11,17H,2,8-9H2,1H3. The predicted molar refractivity (Wildman–Crippen MR) is 61.0 cm³/mol. The maximum absolute atomic E-state index is 12.4. The minimum absolute atomic E-state index is 0.0139. The summed E-state index contributed by atoms with van der Waals surface area (Å²) in [4.78, 5) is 1.15. The van der Waals surface area contributed by atoms with Crippen LogP contribution in [0.4, 0.5) is 18.9 Å². The second-order valence-corrected chi connectivity index (χ2v) is 3.89. The van der Waals surface area contributed by atoms with Crippen LogP contribution in [-0.4, -0.2) is 30.5 Å². The zero-order valence-corrected chi connectivity index (χ0v) is 9.61. The monoisotopic (exact) mass is 247 g/mol. The second kappa shape index (κ2) is 5.91. The molecule has 0 aromatic heterocycles. The lowest BCUT2D eigenvalue weighted by molar-refractivity contribution is -0.120. The fourth-order valence-electron chi connectivity index (χ4n) is 1.50. The van der Waals surface area contributed by atoms with Gasteiger partial charge in [0.2, 0.25) is 0 Å². The Hall–Kier alpha value is -1.23. The largest absolute Gasteiger partial charge is 0.405 e. The Balaban J connectivity index is 2.79. The molecule has 1 aromatic rings. The van der Waals surface area contributed by atoms with Crippen LogP contribution in [0, 0.1) is 0 Å². The van der Waals surface area contributed by atoms with Gasteiger partial charge in [-0.25, -0.2) is 0 Å². The van der Waals surface area contributed by atoms with Crippen LogP contribution in [0.15, 0.2) is 30.3 Å². The van der Waals surface area contributed by atoms with E-state index in [1.54, 1.807) is 37.3 Å². The van der Waals surface area contributed by atoms with E-state index in [0.717, 1.165) is 4.90 Å². The number of rotatable bonds is 5. The zero-order valence-electron chi connectivity index (χ0n) is 9.61. The van der Waals surface area contributed by atoms with Crippen molar-refractivity contribution in [2.45, 2.75) is 25.6 Å². The summed E-state index contributed by atoms with van der Waals surface area (Å²) in [6.45, 7) is 0.676. The lowest BCUT2D eigenvalue weighted by Crippen LogP contribution is -2.39. The number of anilines is 1. The van der Waals surface area contributed by atoms with Crippen LogP contribution >= 0.6 is 0 Å². The summed E-state index contributed by atoms with van der Waals surface area (Å²) < 4.78 is 37.3. The van der Waals surface area contributed by atoms with Gasteiger partial charge in [-0.1, -0.05) is 25.1 Å². The number of aliphatic hydroxyl groups excluding tert-OH is 1. The number of hydrogen-bond acceptors (Lipinski definition) is 2. The molecule has 0 spiro atoms. The highest BCUT2D eigenvalue weighted by atomic mass is 19.4. The number of benzene rings is 1. The van der Waals surface area contributed by atoms with E-state index in [-0.39, 0.29) is 6.54 Å². The van der Waals surface area contributed by atoms with Crippen LogP contribution in [0.5, 0.6) is 0 Å². The molecular weight excluding hydrogens is 231 g/mol. The quantitative estimate of drug-likeness (QED) is 0.864. The van der Waals surface area contributed by atoms with Gasteiger partial charge in [0.25, 0.3) is 0 Å². The summed E-state index contributed by atoms with van der Waals surface area (Å²) in [7, 11) is 0. The highest BCUT2D eigenvalue weighted by molar-refractivity contribution is 5.46. The third kappa shape index (κ3) is 5.08. The van der Waals surface area contributed by atoms with Gasteiger partial charge in [0.05, 0.1) is 6.10 Å². The summed E-state index contributed by atoms with van der Waals surface area (Å²) in [6, 6.07) is 8.31. The SMILES string of the molecule is CCC(O)CN(CC(F)(F)F)c1ccccc1. The van der Waals surface area contributed by atoms with E-state index in [0.29, 0.717) is 12.1 Å². The van der Waals surface area contributed by atoms with Crippen LogP contribution in [0.3, 0.4) is 0 Å².